The van der Waals surface area contributed by atoms with E-state index in [4.69, 9.17) is 5.73 Å². The second-order valence-corrected chi connectivity index (χ2v) is 14.3. The van der Waals surface area contributed by atoms with Gasteiger partial charge in [-0.15, -0.1) is 0 Å². The number of anilines is 1. The van der Waals surface area contributed by atoms with Crippen molar-refractivity contribution in [1.82, 2.24) is 34.9 Å². The lowest BCUT2D eigenvalue weighted by molar-refractivity contribution is -0.137. The molecule has 3 aromatic heterocycles. The zero-order valence-electron chi connectivity index (χ0n) is 27.9. The van der Waals surface area contributed by atoms with Crippen molar-refractivity contribution in [2.75, 3.05) is 18.4 Å². The number of aryl methyl sites for hydroxylation is 3. The van der Waals surface area contributed by atoms with E-state index < -0.39 is 17.4 Å². The SMILES string of the molecule is Cc1ncc(-c2cc3c4c(c2)c(C(N)=O)nn4CC(=O)N2C[C@](C)(CNC(=O)CCCCCC3)C[C@H]2C(=O)Nc2nc(Br)ccc2C)cn1. The zero-order chi connectivity index (χ0) is 34.9. The van der Waals surface area contributed by atoms with Crippen molar-refractivity contribution in [3.8, 4) is 11.1 Å². The number of aromatic nitrogens is 5. The Morgan fingerprint density at radius 2 is 1.78 bits per heavy atom. The minimum absolute atomic E-state index is 0.0425. The van der Waals surface area contributed by atoms with Crippen molar-refractivity contribution in [3.05, 3.63) is 63.9 Å². The summed E-state index contributed by atoms with van der Waals surface area (Å²) in [4.78, 5) is 68.4. The molecular formula is C35H40BrN9O4. The van der Waals surface area contributed by atoms with Crippen molar-refractivity contribution in [3.63, 3.8) is 0 Å². The first kappa shape index (κ1) is 34.2. The molecule has 2 aliphatic rings. The monoisotopic (exact) mass is 729 g/mol. The molecule has 4 aromatic rings. The summed E-state index contributed by atoms with van der Waals surface area (Å²) in [5.74, 6) is -0.438. The molecule has 0 saturated carbocycles. The predicted molar refractivity (Wildman–Crippen MR) is 187 cm³/mol. The van der Waals surface area contributed by atoms with Crippen LogP contribution in [-0.4, -0.2) is 72.4 Å². The number of amides is 4. The molecule has 2 bridgehead atoms. The van der Waals surface area contributed by atoms with Gasteiger partial charge in [0.1, 0.15) is 28.8 Å². The van der Waals surface area contributed by atoms with Crippen molar-refractivity contribution in [1.29, 1.82) is 0 Å². The van der Waals surface area contributed by atoms with Crippen LogP contribution in [0, 0.1) is 19.3 Å². The third kappa shape index (κ3) is 7.48. The van der Waals surface area contributed by atoms with E-state index in [0.29, 0.717) is 53.0 Å². The number of hydrogen-bond donors (Lipinski definition) is 3. The summed E-state index contributed by atoms with van der Waals surface area (Å²) in [6, 6.07) is 6.67. The molecule has 1 aromatic carbocycles. The van der Waals surface area contributed by atoms with E-state index >= 15 is 0 Å². The molecule has 0 spiro atoms. The molecule has 6 rings (SSSR count). The Labute approximate surface area is 292 Å². The van der Waals surface area contributed by atoms with Crippen molar-refractivity contribution < 1.29 is 19.2 Å². The van der Waals surface area contributed by atoms with Crippen LogP contribution < -0.4 is 16.4 Å². The number of halogens is 1. The summed E-state index contributed by atoms with van der Waals surface area (Å²) in [5.41, 5.74) is 9.26. The standard InChI is InChI=1S/C35H40BrN9O4/c1-20-10-11-27(36)41-33(20)42-34(49)26-14-35(3)18-40-28(46)9-7-5-4-6-8-22-12-23(24-15-38-21(2)39-16-24)13-25-30(32(37)48)43-45(31(22)25)17-29(47)44(26)19-35/h10-13,15-16,26H,4-9,14,17-19H2,1-3H3,(H2,37,48)(H,40,46)(H,41,42,49)/t26-,35-/m0/s1. The molecule has 13 nitrogen and oxygen atoms in total. The normalized spacial score (nSPS) is 20.6. The van der Waals surface area contributed by atoms with E-state index in [2.05, 4.69) is 46.6 Å². The molecule has 256 valence electrons. The fourth-order valence-corrected chi connectivity index (χ4v) is 7.10. The van der Waals surface area contributed by atoms with E-state index in [1.165, 1.54) is 0 Å². The fourth-order valence-electron chi connectivity index (χ4n) is 6.79. The quantitative estimate of drug-likeness (QED) is 0.261. The lowest BCUT2D eigenvalue weighted by Gasteiger charge is -2.26. The van der Waals surface area contributed by atoms with Crippen LogP contribution in [0.25, 0.3) is 22.0 Å². The van der Waals surface area contributed by atoms with Crippen LogP contribution >= 0.6 is 15.9 Å². The van der Waals surface area contributed by atoms with Gasteiger partial charge in [0.25, 0.3) is 5.91 Å². The van der Waals surface area contributed by atoms with Gasteiger partial charge in [-0.05, 0) is 90.4 Å². The molecule has 0 aliphatic carbocycles. The van der Waals surface area contributed by atoms with Crippen LogP contribution in [0.2, 0.25) is 0 Å². The number of primary amides is 1. The van der Waals surface area contributed by atoms with Gasteiger partial charge in [0.05, 0.1) is 5.52 Å². The number of rotatable bonds is 4. The predicted octanol–water partition coefficient (Wildman–Crippen LogP) is 4.24. The van der Waals surface area contributed by atoms with E-state index in [1.54, 1.807) is 28.0 Å². The Hall–Kier alpha value is -4.72. The number of fused-ring (bicyclic) bond motifs is 2. The number of nitrogens with zero attached hydrogens (tertiary/aromatic N) is 6. The van der Waals surface area contributed by atoms with Crippen molar-refractivity contribution in [2.45, 2.75) is 78.3 Å². The van der Waals surface area contributed by atoms with Crippen LogP contribution in [0.1, 0.15) is 72.9 Å². The van der Waals surface area contributed by atoms with Crippen LogP contribution in [0.3, 0.4) is 0 Å². The van der Waals surface area contributed by atoms with E-state index in [9.17, 15) is 19.2 Å². The third-order valence-electron chi connectivity index (χ3n) is 9.41. The lowest BCUT2D eigenvalue weighted by Crippen LogP contribution is -2.45. The van der Waals surface area contributed by atoms with Gasteiger partial charge in [0, 0.05) is 48.3 Å². The molecule has 4 amide bonds. The maximum Gasteiger partial charge on any atom is 0.269 e. The molecule has 0 unspecified atom stereocenters. The molecule has 4 N–H and O–H groups in total. The summed E-state index contributed by atoms with van der Waals surface area (Å²) in [5, 5.41) is 11.1. The Bertz CT molecular complexity index is 1940. The first-order valence-corrected chi connectivity index (χ1v) is 17.3. The van der Waals surface area contributed by atoms with Gasteiger partial charge in [-0.3, -0.25) is 23.9 Å². The molecule has 49 heavy (non-hydrogen) atoms. The highest BCUT2D eigenvalue weighted by atomic mass is 79.9. The molecular weight excluding hydrogens is 690 g/mol. The Morgan fingerprint density at radius 1 is 1.04 bits per heavy atom. The molecule has 2 atom stereocenters. The maximum atomic E-state index is 14.3. The molecule has 1 fully saturated rings. The van der Waals surface area contributed by atoms with E-state index in [1.807, 2.05) is 39.0 Å². The minimum Gasteiger partial charge on any atom is -0.364 e. The lowest BCUT2D eigenvalue weighted by atomic mass is 9.87. The first-order chi connectivity index (χ1) is 23.4. The van der Waals surface area contributed by atoms with Gasteiger partial charge in [-0.25, -0.2) is 15.0 Å². The summed E-state index contributed by atoms with van der Waals surface area (Å²) in [6.45, 7) is 5.96. The second kappa shape index (κ2) is 14.0. The number of carbonyl (C=O) groups excluding carboxylic acids is 4. The molecule has 14 heteroatoms. The zero-order valence-corrected chi connectivity index (χ0v) is 29.5. The molecule has 2 aliphatic heterocycles. The summed E-state index contributed by atoms with van der Waals surface area (Å²) >= 11 is 3.36. The highest BCUT2D eigenvalue weighted by molar-refractivity contribution is 9.10. The minimum atomic E-state index is -0.835. The van der Waals surface area contributed by atoms with Gasteiger partial charge in [0.15, 0.2) is 5.69 Å². The summed E-state index contributed by atoms with van der Waals surface area (Å²) < 4.78 is 2.12. The van der Waals surface area contributed by atoms with Gasteiger partial charge < -0.3 is 21.3 Å². The topological polar surface area (TPSA) is 178 Å². The van der Waals surface area contributed by atoms with Gasteiger partial charge >= 0.3 is 0 Å². The van der Waals surface area contributed by atoms with Gasteiger partial charge in [0.2, 0.25) is 17.7 Å². The van der Waals surface area contributed by atoms with Gasteiger partial charge in [-0.1, -0.05) is 25.8 Å². The second-order valence-electron chi connectivity index (χ2n) is 13.5. The largest absolute Gasteiger partial charge is 0.364 e. The number of pyridine rings is 1. The number of benzene rings is 1. The van der Waals surface area contributed by atoms with Crippen LogP contribution in [0.4, 0.5) is 5.82 Å². The summed E-state index contributed by atoms with van der Waals surface area (Å²) in [7, 11) is 0. The van der Waals surface area contributed by atoms with Crippen LogP contribution in [0.15, 0.2) is 41.3 Å². The number of carbonyl (C=O) groups is 4. The Balaban J connectivity index is 1.41. The smallest absolute Gasteiger partial charge is 0.269 e. The number of nitrogens with one attached hydrogen (secondary N) is 2. The van der Waals surface area contributed by atoms with E-state index in [0.717, 1.165) is 47.9 Å². The average molecular weight is 731 g/mol. The van der Waals surface area contributed by atoms with Gasteiger partial charge in [-0.2, -0.15) is 5.10 Å². The first-order valence-electron chi connectivity index (χ1n) is 16.5. The Kier molecular flexibility index (Phi) is 9.77. The van der Waals surface area contributed by atoms with Crippen LogP contribution in [0.5, 0.6) is 0 Å². The average Bonchev–Trinajstić information content (AvgIpc) is 3.62. The molecule has 5 heterocycles. The highest BCUT2D eigenvalue weighted by Crippen LogP contribution is 2.36. The fraction of sp³-hybridized carbons (Fsp3) is 0.429. The number of hydrogen-bond acceptors (Lipinski definition) is 8. The molecule has 0 radical (unpaired) electrons. The highest BCUT2D eigenvalue weighted by Gasteiger charge is 2.46. The Morgan fingerprint density at radius 3 is 2.51 bits per heavy atom. The van der Waals surface area contributed by atoms with Crippen LogP contribution in [-0.2, 0) is 27.3 Å². The number of nitrogens with two attached hydrogens (primary N) is 1. The third-order valence-corrected chi connectivity index (χ3v) is 9.85. The van der Waals surface area contributed by atoms with Crippen molar-refractivity contribution >= 4 is 56.3 Å². The summed E-state index contributed by atoms with van der Waals surface area (Å²) in [6.07, 6.45) is 8.20. The maximum absolute atomic E-state index is 14.3. The molecule has 1 saturated heterocycles. The van der Waals surface area contributed by atoms with E-state index in [-0.39, 0.29) is 36.5 Å². The van der Waals surface area contributed by atoms with Crippen molar-refractivity contribution in [2.24, 2.45) is 11.1 Å².